The molecule has 0 unspecified atom stereocenters. The minimum absolute atomic E-state index is 0.286. The average molecular weight is 374 g/mol. The fourth-order valence-corrected chi connectivity index (χ4v) is 5.55. The van der Waals surface area contributed by atoms with Crippen LogP contribution in [0.3, 0.4) is 0 Å². The van der Waals surface area contributed by atoms with Gasteiger partial charge in [0.1, 0.15) is 10.6 Å². The van der Waals surface area contributed by atoms with E-state index in [-0.39, 0.29) is 5.63 Å². The van der Waals surface area contributed by atoms with E-state index in [4.69, 9.17) is 4.42 Å². The summed E-state index contributed by atoms with van der Waals surface area (Å²) >= 11 is 1.54. The van der Waals surface area contributed by atoms with Crippen LogP contribution in [0.1, 0.15) is 24.0 Å². The lowest BCUT2D eigenvalue weighted by Gasteiger charge is -2.37. The number of aryl methyl sites for hydroxylation is 2. The highest BCUT2D eigenvalue weighted by Crippen LogP contribution is 2.40. The first-order valence-electron chi connectivity index (χ1n) is 9.51. The Morgan fingerprint density at radius 2 is 1.93 bits per heavy atom. The lowest BCUT2D eigenvalue weighted by molar-refractivity contribution is 0.551. The van der Waals surface area contributed by atoms with Crippen molar-refractivity contribution in [3.05, 3.63) is 57.9 Å². The Labute approximate surface area is 160 Å². The summed E-state index contributed by atoms with van der Waals surface area (Å²) in [5, 5.41) is 1.76. The Morgan fingerprint density at radius 1 is 1.07 bits per heavy atom. The zero-order chi connectivity index (χ0) is 18.0. The number of thiazole rings is 1. The summed E-state index contributed by atoms with van der Waals surface area (Å²) in [6.07, 6.45) is 4.40. The molecule has 2 aliphatic heterocycles. The highest BCUT2D eigenvalue weighted by molar-refractivity contribution is 7.21. The van der Waals surface area contributed by atoms with Gasteiger partial charge >= 0.3 is 5.63 Å². The van der Waals surface area contributed by atoms with E-state index in [0.717, 1.165) is 58.5 Å². The molecule has 0 atom stereocenters. The van der Waals surface area contributed by atoms with Crippen LogP contribution in [0.15, 0.2) is 45.6 Å². The number of para-hydroxylation sites is 1. The Kier molecular flexibility index (Phi) is 3.23. The topological polar surface area (TPSA) is 46.3 Å². The van der Waals surface area contributed by atoms with E-state index in [1.807, 2.05) is 30.3 Å². The standard InChI is InChI=1S/C22H18N2O2S/c25-22-16(21-23-17-7-1-2-8-18(17)27-21)12-14-11-13-5-3-9-24-10-4-6-15(19(13)24)20(14)26-22/h1-2,7-8,11-12H,3-6,9-10H2. The van der Waals surface area contributed by atoms with Crippen LogP contribution in [-0.4, -0.2) is 18.1 Å². The molecule has 4 heterocycles. The Balaban J connectivity index is 1.61. The smallest absolute Gasteiger partial charge is 0.346 e. The van der Waals surface area contributed by atoms with Crippen LogP contribution in [0.5, 0.6) is 0 Å². The molecule has 0 spiro atoms. The number of aromatic nitrogens is 1. The largest absolute Gasteiger partial charge is 0.422 e. The molecule has 0 radical (unpaired) electrons. The molecule has 2 aromatic carbocycles. The molecule has 2 aliphatic rings. The van der Waals surface area contributed by atoms with Crippen molar-refractivity contribution in [1.82, 2.24) is 4.98 Å². The number of nitrogens with zero attached hydrogens (tertiary/aromatic N) is 2. The zero-order valence-corrected chi connectivity index (χ0v) is 15.6. The summed E-state index contributed by atoms with van der Waals surface area (Å²) < 4.78 is 6.98. The zero-order valence-electron chi connectivity index (χ0n) is 14.8. The van der Waals surface area contributed by atoms with Gasteiger partial charge in [-0.1, -0.05) is 12.1 Å². The Hall–Kier alpha value is -2.66. The van der Waals surface area contributed by atoms with Gasteiger partial charge in [0.05, 0.1) is 15.8 Å². The molecule has 0 saturated carbocycles. The second kappa shape index (κ2) is 5.67. The normalized spacial score (nSPS) is 16.1. The SMILES string of the molecule is O=c1oc2c3c4c(cc2cc1-c1nc2ccccc2s1)CCCN4CCC3. The first-order valence-corrected chi connectivity index (χ1v) is 10.3. The van der Waals surface area contributed by atoms with Crippen LogP contribution in [0, 0.1) is 0 Å². The van der Waals surface area contributed by atoms with Crippen LogP contribution >= 0.6 is 11.3 Å². The second-order valence-corrected chi connectivity index (χ2v) is 8.44. The molecule has 4 aromatic rings. The van der Waals surface area contributed by atoms with Crippen molar-refractivity contribution in [3.8, 4) is 10.6 Å². The predicted octanol–water partition coefficient (Wildman–Crippen LogP) is 4.77. The molecular weight excluding hydrogens is 356 g/mol. The first kappa shape index (κ1) is 15.4. The van der Waals surface area contributed by atoms with Gasteiger partial charge < -0.3 is 9.32 Å². The van der Waals surface area contributed by atoms with Crippen LogP contribution in [-0.2, 0) is 12.8 Å². The van der Waals surface area contributed by atoms with Crippen molar-refractivity contribution >= 4 is 38.2 Å². The van der Waals surface area contributed by atoms with E-state index < -0.39 is 0 Å². The fourth-order valence-electron chi connectivity index (χ4n) is 4.58. The van der Waals surface area contributed by atoms with Gasteiger partial charge in [-0.15, -0.1) is 11.3 Å². The van der Waals surface area contributed by atoms with Gasteiger partial charge in [-0.2, -0.15) is 0 Å². The van der Waals surface area contributed by atoms with Crippen LogP contribution < -0.4 is 10.5 Å². The Bertz CT molecular complexity index is 1240. The maximum atomic E-state index is 12.8. The molecule has 0 bridgehead atoms. The third-order valence-electron chi connectivity index (χ3n) is 5.74. The number of hydrogen-bond acceptors (Lipinski definition) is 5. The van der Waals surface area contributed by atoms with Crippen molar-refractivity contribution in [2.24, 2.45) is 0 Å². The lowest BCUT2D eigenvalue weighted by Crippen LogP contribution is -2.34. The molecule has 27 heavy (non-hydrogen) atoms. The maximum absolute atomic E-state index is 12.8. The maximum Gasteiger partial charge on any atom is 0.346 e. The van der Waals surface area contributed by atoms with Crippen molar-refractivity contribution in [2.75, 3.05) is 18.0 Å². The van der Waals surface area contributed by atoms with Crippen molar-refractivity contribution in [3.63, 3.8) is 0 Å². The Morgan fingerprint density at radius 3 is 2.81 bits per heavy atom. The van der Waals surface area contributed by atoms with Crippen molar-refractivity contribution in [1.29, 1.82) is 0 Å². The van der Waals surface area contributed by atoms with E-state index >= 15 is 0 Å². The van der Waals surface area contributed by atoms with Gasteiger partial charge in [-0.25, -0.2) is 9.78 Å². The number of anilines is 1. The number of benzene rings is 2. The van der Waals surface area contributed by atoms with Crippen molar-refractivity contribution in [2.45, 2.75) is 25.7 Å². The van der Waals surface area contributed by atoms with E-state index in [1.54, 1.807) is 11.3 Å². The van der Waals surface area contributed by atoms with Gasteiger partial charge in [-0.3, -0.25) is 0 Å². The molecular formula is C22H18N2O2S. The molecule has 5 heteroatoms. The van der Waals surface area contributed by atoms with Gasteiger partial charge in [0.2, 0.25) is 0 Å². The highest BCUT2D eigenvalue weighted by Gasteiger charge is 2.27. The van der Waals surface area contributed by atoms with E-state index in [0.29, 0.717) is 5.56 Å². The molecule has 4 nitrogen and oxygen atoms in total. The van der Waals surface area contributed by atoms with E-state index in [1.165, 1.54) is 23.2 Å². The lowest BCUT2D eigenvalue weighted by atomic mass is 9.90. The molecule has 0 N–H and O–H groups in total. The summed E-state index contributed by atoms with van der Waals surface area (Å²) in [7, 11) is 0. The van der Waals surface area contributed by atoms with Crippen molar-refractivity contribution < 1.29 is 4.42 Å². The molecule has 0 saturated heterocycles. The second-order valence-electron chi connectivity index (χ2n) is 7.41. The summed E-state index contributed by atoms with van der Waals surface area (Å²) in [6, 6.07) is 12.2. The molecule has 6 rings (SSSR count). The van der Waals surface area contributed by atoms with E-state index in [9.17, 15) is 4.79 Å². The summed E-state index contributed by atoms with van der Waals surface area (Å²) in [5.74, 6) is 0. The van der Waals surface area contributed by atoms with E-state index in [2.05, 4.69) is 16.0 Å². The molecule has 2 aromatic heterocycles. The summed E-state index contributed by atoms with van der Waals surface area (Å²) in [4.78, 5) is 20.0. The highest BCUT2D eigenvalue weighted by atomic mass is 32.1. The quantitative estimate of drug-likeness (QED) is 0.450. The van der Waals surface area contributed by atoms with Crippen LogP contribution in [0.25, 0.3) is 31.8 Å². The number of rotatable bonds is 1. The molecule has 134 valence electrons. The van der Waals surface area contributed by atoms with Gasteiger partial charge in [-0.05, 0) is 55.5 Å². The van der Waals surface area contributed by atoms with Gasteiger partial charge in [0.25, 0.3) is 0 Å². The third kappa shape index (κ3) is 2.28. The predicted molar refractivity (Wildman–Crippen MR) is 110 cm³/mol. The van der Waals surface area contributed by atoms with Crippen LogP contribution in [0.2, 0.25) is 0 Å². The number of fused-ring (bicyclic) bond motifs is 3. The fraction of sp³-hybridized carbons (Fsp3) is 0.273. The average Bonchev–Trinajstić information content (AvgIpc) is 3.12. The van der Waals surface area contributed by atoms with Gasteiger partial charge in [0, 0.05) is 29.7 Å². The van der Waals surface area contributed by atoms with Crippen LogP contribution in [0.4, 0.5) is 5.69 Å². The third-order valence-corrected chi connectivity index (χ3v) is 6.81. The molecule has 0 aliphatic carbocycles. The first-order chi connectivity index (χ1) is 13.3. The summed E-state index contributed by atoms with van der Waals surface area (Å²) in [6.45, 7) is 2.22. The monoisotopic (exact) mass is 374 g/mol. The number of hydrogen-bond donors (Lipinski definition) is 0. The minimum Gasteiger partial charge on any atom is -0.422 e. The molecule has 0 amide bonds. The molecule has 0 fully saturated rings. The minimum atomic E-state index is -0.286. The van der Waals surface area contributed by atoms with Gasteiger partial charge in [0.15, 0.2) is 0 Å². The summed E-state index contributed by atoms with van der Waals surface area (Å²) in [5.41, 5.74) is 5.93.